The summed E-state index contributed by atoms with van der Waals surface area (Å²) >= 11 is 0. The van der Waals surface area contributed by atoms with Crippen molar-refractivity contribution in [3.05, 3.63) is 47.2 Å². The summed E-state index contributed by atoms with van der Waals surface area (Å²) in [6.07, 6.45) is 1.27. The Hall–Kier alpha value is -1.72. The van der Waals surface area contributed by atoms with Crippen LogP contribution >= 0.6 is 0 Å². The summed E-state index contributed by atoms with van der Waals surface area (Å²) in [5, 5.41) is 17.7. The minimum absolute atomic E-state index is 0.218. The van der Waals surface area contributed by atoms with Crippen molar-refractivity contribution in [3.63, 3.8) is 0 Å². The van der Waals surface area contributed by atoms with Crippen molar-refractivity contribution in [2.75, 3.05) is 13.1 Å². The van der Waals surface area contributed by atoms with Crippen LogP contribution in [0.25, 0.3) is 0 Å². The Balaban J connectivity index is 1.63. The predicted octanol–water partition coefficient (Wildman–Crippen LogP) is 1.54. The topological polar surface area (TPSA) is 62.4 Å². The van der Waals surface area contributed by atoms with Crippen LogP contribution in [-0.2, 0) is 13.0 Å². The number of nitrogens with zero attached hydrogens (tertiary/aromatic N) is 3. The van der Waals surface area contributed by atoms with Crippen LogP contribution in [0, 0.1) is 6.92 Å². The summed E-state index contributed by atoms with van der Waals surface area (Å²) in [4.78, 5) is 2.13. The second kappa shape index (κ2) is 5.73. The molecule has 0 aliphatic carbocycles. The zero-order valence-corrected chi connectivity index (χ0v) is 11.6. The van der Waals surface area contributed by atoms with Crippen LogP contribution < -0.4 is 0 Å². The van der Waals surface area contributed by atoms with Gasteiger partial charge in [0.05, 0.1) is 19.1 Å². The van der Waals surface area contributed by atoms with Gasteiger partial charge in [0.2, 0.25) is 11.8 Å². The van der Waals surface area contributed by atoms with Gasteiger partial charge >= 0.3 is 0 Å². The molecular weight excluding hydrogens is 254 g/mol. The Bertz CT molecular complexity index is 582. The molecular formula is C15H19N3O2. The molecule has 0 saturated carbocycles. The van der Waals surface area contributed by atoms with Crippen molar-refractivity contribution in [2.24, 2.45) is 0 Å². The molecule has 0 unspecified atom stereocenters. The molecule has 1 aromatic carbocycles. The Morgan fingerprint density at radius 1 is 1.30 bits per heavy atom. The molecule has 1 saturated heterocycles. The molecule has 5 heteroatoms. The van der Waals surface area contributed by atoms with E-state index >= 15 is 0 Å². The van der Waals surface area contributed by atoms with E-state index in [1.54, 1.807) is 0 Å². The van der Waals surface area contributed by atoms with E-state index in [1.165, 1.54) is 11.1 Å². The molecule has 5 nitrogen and oxygen atoms in total. The lowest BCUT2D eigenvalue weighted by Gasteiger charge is -2.10. The first kappa shape index (κ1) is 13.3. The van der Waals surface area contributed by atoms with Crippen LogP contribution in [0.1, 0.15) is 29.3 Å². The summed E-state index contributed by atoms with van der Waals surface area (Å²) in [5.41, 5.74) is 2.44. The standard InChI is InChI=1S/C15H19N3O2/c1-11-4-2-3-5-12(11)8-14-16-17-15(20-14)10-18-7-6-13(19)9-18/h2-5,13,19H,6-10H2,1H3/t13-/m0/s1. The first-order valence-corrected chi connectivity index (χ1v) is 6.97. The molecule has 20 heavy (non-hydrogen) atoms. The number of aromatic nitrogens is 2. The molecule has 1 aliphatic heterocycles. The number of aliphatic hydroxyl groups excluding tert-OH is 1. The Labute approximate surface area is 118 Å². The van der Waals surface area contributed by atoms with Gasteiger partial charge < -0.3 is 9.52 Å². The van der Waals surface area contributed by atoms with Crippen molar-refractivity contribution in [3.8, 4) is 0 Å². The average Bonchev–Trinajstić information content (AvgIpc) is 3.02. The van der Waals surface area contributed by atoms with Crippen molar-refractivity contribution >= 4 is 0 Å². The largest absolute Gasteiger partial charge is 0.424 e. The number of β-amino-alcohol motifs (C(OH)–C–C–N with tert-alkyl or cyclic N) is 1. The third kappa shape index (κ3) is 3.05. The monoisotopic (exact) mass is 273 g/mol. The highest BCUT2D eigenvalue weighted by atomic mass is 16.4. The zero-order valence-electron chi connectivity index (χ0n) is 11.6. The third-order valence-electron chi connectivity index (χ3n) is 3.72. The molecule has 1 atom stereocenters. The number of rotatable bonds is 4. The second-order valence-corrected chi connectivity index (χ2v) is 5.37. The van der Waals surface area contributed by atoms with E-state index in [2.05, 4.69) is 34.2 Å². The van der Waals surface area contributed by atoms with Crippen LogP contribution in [0.2, 0.25) is 0 Å². The molecule has 106 valence electrons. The van der Waals surface area contributed by atoms with Crippen LogP contribution in [0.15, 0.2) is 28.7 Å². The van der Waals surface area contributed by atoms with E-state index in [9.17, 15) is 5.11 Å². The van der Waals surface area contributed by atoms with Crippen LogP contribution in [0.5, 0.6) is 0 Å². The molecule has 0 radical (unpaired) electrons. The predicted molar refractivity (Wildman–Crippen MR) is 74.2 cm³/mol. The van der Waals surface area contributed by atoms with Gasteiger partial charge in [-0.1, -0.05) is 24.3 Å². The Morgan fingerprint density at radius 3 is 2.85 bits per heavy atom. The molecule has 1 aromatic heterocycles. The van der Waals surface area contributed by atoms with Gasteiger partial charge in [0, 0.05) is 13.1 Å². The average molecular weight is 273 g/mol. The Morgan fingerprint density at radius 2 is 2.10 bits per heavy atom. The molecule has 0 spiro atoms. The van der Waals surface area contributed by atoms with Gasteiger partial charge in [0.15, 0.2) is 0 Å². The first-order valence-electron chi connectivity index (χ1n) is 6.97. The van der Waals surface area contributed by atoms with Crippen LogP contribution in [0.4, 0.5) is 0 Å². The fraction of sp³-hybridized carbons (Fsp3) is 0.467. The molecule has 2 aromatic rings. The highest BCUT2D eigenvalue weighted by molar-refractivity contribution is 5.27. The maximum atomic E-state index is 9.50. The van der Waals surface area contributed by atoms with Gasteiger partial charge in [0.25, 0.3) is 0 Å². The summed E-state index contributed by atoms with van der Waals surface area (Å²) in [6, 6.07) is 8.20. The minimum Gasteiger partial charge on any atom is -0.424 e. The number of aliphatic hydroxyl groups is 1. The molecule has 0 amide bonds. The van der Waals surface area contributed by atoms with E-state index in [0.717, 1.165) is 13.0 Å². The van der Waals surface area contributed by atoms with Gasteiger partial charge in [-0.3, -0.25) is 4.90 Å². The minimum atomic E-state index is -0.218. The van der Waals surface area contributed by atoms with Crippen LogP contribution in [-0.4, -0.2) is 39.4 Å². The fourth-order valence-corrected chi connectivity index (χ4v) is 2.54. The lowest BCUT2D eigenvalue weighted by Crippen LogP contribution is -2.21. The van der Waals surface area contributed by atoms with Gasteiger partial charge in [-0.2, -0.15) is 0 Å². The maximum Gasteiger partial charge on any atom is 0.230 e. The molecule has 1 N–H and O–H groups in total. The fourth-order valence-electron chi connectivity index (χ4n) is 2.54. The summed E-state index contributed by atoms with van der Waals surface area (Å²) in [6.45, 7) is 4.28. The summed E-state index contributed by atoms with van der Waals surface area (Å²) < 4.78 is 5.69. The normalized spacial score (nSPS) is 19.6. The quantitative estimate of drug-likeness (QED) is 0.915. The number of likely N-dealkylation sites (tertiary alicyclic amines) is 1. The van der Waals surface area contributed by atoms with E-state index in [4.69, 9.17) is 4.42 Å². The number of aryl methyl sites for hydroxylation is 1. The second-order valence-electron chi connectivity index (χ2n) is 5.37. The molecule has 1 fully saturated rings. The van der Waals surface area contributed by atoms with E-state index < -0.39 is 0 Å². The molecule has 1 aliphatic rings. The highest BCUT2D eigenvalue weighted by Crippen LogP contribution is 2.15. The van der Waals surface area contributed by atoms with Crippen molar-refractivity contribution in [1.29, 1.82) is 0 Å². The highest BCUT2D eigenvalue weighted by Gasteiger charge is 2.22. The summed E-state index contributed by atoms with van der Waals surface area (Å²) in [5.74, 6) is 1.27. The van der Waals surface area contributed by atoms with E-state index in [1.807, 2.05) is 12.1 Å². The van der Waals surface area contributed by atoms with Gasteiger partial charge in [0.1, 0.15) is 0 Å². The SMILES string of the molecule is Cc1ccccc1Cc1nnc(CN2CC[C@H](O)C2)o1. The van der Waals surface area contributed by atoms with Crippen LogP contribution in [0.3, 0.4) is 0 Å². The lowest BCUT2D eigenvalue weighted by molar-refractivity contribution is 0.171. The molecule has 3 rings (SSSR count). The number of hydrogen-bond donors (Lipinski definition) is 1. The number of benzene rings is 1. The molecule has 2 heterocycles. The summed E-state index contributed by atoms with van der Waals surface area (Å²) in [7, 11) is 0. The Kier molecular flexibility index (Phi) is 3.80. The van der Waals surface area contributed by atoms with Gasteiger partial charge in [-0.05, 0) is 24.5 Å². The van der Waals surface area contributed by atoms with E-state index in [-0.39, 0.29) is 6.10 Å². The third-order valence-corrected chi connectivity index (χ3v) is 3.72. The zero-order chi connectivity index (χ0) is 13.9. The molecule has 0 bridgehead atoms. The first-order chi connectivity index (χ1) is 9.70. The van der Waals surface area contributed by atoms with E-state index in [0.29, 0.717) is 31.3 Å². The van der Waals surface area contributed by atoms with Crippen molar-refractivity contribution in [1.82, 2.24) is 15.1 Å². The number of hydrogen-bond acceptors (Lipinski definition) is 5. The van der Waals surface area contributed by atoms with Crippen molar-refractivity contribution < 1.29 is 9.52 Å². The van der Waals surface area contributed by atoms with Gasteiger partial charge in [-0.15, -0.1) is 10.2 Å². The van der Waals surface area contributed by atoms with Gasteiger partial charge in [-0.25, -0.2) is 0 Å². The maximum absolute atomic E-state index is 9.50. The van der Waals surface area contributed by atoms with Crippen molar-refractivity contribution in [2.45, 2.75) is 32.4 Å². The lowest BCUT2D eigenvalue weighted by atomic mass is 10.1. The smallest absolute Gasteiger partial charge is 0.230 e.